The van der Waals surface area contributed by atoms with E-state index in [1.54, 1.807) is 0 Å². The van der Waals surface area contributed by atoms with Crippen LogP contribution in [0.1, 0.15) is 12.0 Å². The van der Waals surface area contributed by atoms with Gasteiger partial charge >= 0.3 is 6.18 Å². The Balaban J connectivity index is 1.47. The zero-order chi connectivity index (χ0) is 24.0. The quantitative estimate of drug-likeness (QED) is 0.518. The van der Waals surface area contributed by atoms with Gasteiger partial charge in [0.25, 0.3) is 5.91 Å². The molecule has 0 aliphatic carbocycles. The standard InChI is InChI=1S/C21H19F4N3O4S/c22-16-6-1-2-7-18(16)33(31,32)27-10-8-26(9-11-27)17-13-19(29)28(20(17)30)15-5-3-4-14(12-15)21(23,24)25/h1-7,12,17H,8-11,13H2/p+1/t17-/m0/s1. The number of piperazine rings is 1. The molecule has 2 aliphatic rings. The second kappa shape index (κ2) is 8.50. The third-order valence-corrected chi connectivity index (χ3v) is 7.82. The maximum absolute atomic E-state index is 14.0. The van der Waals surface area contributed by atoms with Crippen LogP contribution in [0, 0.1) is 5.82 Å². The summed E-state index contributed by atoms with van der Waals surface area (Å²) in [6.45, 7) is 0.392. The lowest BCUT2D eigenvalue weighted by Gasteiger charge is -2.33. The lowest BCUT2D eigenvalue weighted by Crippen LogP contribution is -3.19. The number of sulfonamides is 1. The summed E-state index contributed by atoms with van der Waals surface area (Å²) in [5.74, 6) is -2.10. The fraction of sp³-hybridized carbons (Fsp3) is 0.333. The summed E-state index contributed by atoms with van der Waals surface area (Å²) in [6.07, 6.45) is -4.81. The molecule has 12 heteroatoms. The number of imide groups is 1. The summed E-state index contributed by atoms with van der Waals surface area (Å²) in [5, 5.41) is 0. The van der Waals surface area contributed by atoms with Crippen LogP contribution in [0.25, 0.3) is 0 Å². The molecule has 0 spiro atoms. The third-order valence-electron chi connectivity index (χ3n) is 5.89. The normalized spacial score (nSPS) is 21.1. The number of rotatable bonds is 4. The fourth-order valence-electron chi connectivity index (χ4n) is 4.20. The van der Waals surface area contributed by atoms with Crippen molar-refractivity contribution >= 4 is 27.5 Å². The molecule has 2 saturated heterocycles. The maximum Gasteiger partial charge on any atom is 0.416 e. The Morgan fingerprint density at radius 2 is 1.64 bits per heavy atom. The third kappa shape index (κ3) is 4.37. The second-order valence-corrected chi connectivity index (χ2v) is 9.77. The maximum atomic E-state index is 14.0. The zero-order valence-electron chi connectivity index (χ0n) is 17.2. The molecule has 0 unspecified atom stereocenters. The number of amides is 2. The van der Waals surface area contributed by atoms with Gasteiger partial charge in [0.1, 0.15) is 10.7 Å². The Morgan fingerprint density at radius 3 is 2.27 bits per heavy atom. The van der Waals surface area contributed by atoms with Crippen molar-refractivity contribution in [2.24, 2.45) is 0 Å². The van der Waals surface area contributed by atoms with Crippen molar-refractivity contribution in [3.05, 3.63) is 59.9 Å². The van der Waals surface area contributed by atoms with Gasteiger partial charge in [0, 0.05) is 0 Å². The van der Waals surface area contributed by atoms with Crippen LogP contribution < -0.4 is 9.80 Å². The number of quaternary nitrogens is 1. The number of nitrogens with one attached hydrogen (secondary N) is 1. The molecule has 2 fully saturated rings. The second-order valence-electron chi connectivity index (χ2n) is 7.86. The molecule has 1 atom stereocenters. The van der Waals surface area contributed by atoms with Crippen molar-refractivity contribution in [2.45, 2.75) is 23.5 Å². The summed E-state index contributed by atoms with van der Waals surface area (Å²) in [5.41, 5.74) is -1.12. The summed E-state index contributed by atoms with van der Waals surface area (Å²) in [4.78, 5) is 26.4. The van der Waals surface area contributed by atoms with E-state index in [2.05, 4.69) is 0 Å². The number of hydrogen-bond acceptors (Lipinski definition) is 4. The van der Waals surface area contributed by atoms with Crippen molar-refractivity contribution in [2.75, 3.05) is 31.1 Å². The minimum Gasteiger partial charge on any atom is -0.322 e. The predicted octanol–water partition coefficient (Wildman–Crippen LogP) is 1.07. The van der Waals surface area contributed by atoms with E-state index < -0.39 is 50.3 Å². The van der Waals surface area contributed by atoms with Gasteiger partial charge in [0.05, 0.1) is 43.9 Å². The molecule has 2 aromatic rings. The Labute approximate surface area is 187 Å². The van der Waals surface area contributed by atoms with Gasteiger partial charge in [-0.15, -0.1) is 0 Å². The topological polar surface area (TPSA) is 79.2 Å². The van der Waals surface area contributed by atoms with E-state index in [0.717, 1.165) is 33.5 Å². The average Bonchev–Trinajstić information content (AvgIpc) is 3.07. The highest BCUT2D eigenvalue weighted by molar-refractivity contribution is 7.89. The largest absolute Gasteiger partial charge is 0.416 e. The zero-order valence-corrected chi connectivity index (χ0v) is 18.0. The van der Waals surface area contributed by atoms with E-state index in [-0.39, 0.29) is 38.3 Å². The molecular weight excluding hydrogens is 466 g/mol. The van der Waals surface area contributed by atoms with Crippen molar-refractivity contribution in [3.8, 4) is 0 Å². The average molecular weight is 486 g/mol. The molecule has 0 aromatic heterocycles. The number of carbonyl (C=O) groups excluding carboxylic acids is 2. The van der Waals surface area contributed by atoms with Crippen LogP contribution >= 0.6 is 0 Å². The van der Waals surface area contributed by atoms with Crippen LogP contribution in [-0.4, -0.2) is 56.8 Å². The number of benzene rings is 2. The van der Waals surface area contributed by atoms with Crippen LogP contribution in [0.15, 0.2) is 53.4 Å². The lowest BCUT2D eigenvalue weighted by atomic mass is 10.1. The Bertz CT molecular complexity index is 1190. The molecule has 2 heterocycles. The number of alkyl halides is 3. The van der Waals surface area contributed by atoms with Crippen LogP contribution in [0.3, 0.4) is 0 Å². The van der Waals surface area contributed by atoms with Gasteiger partial charge in [-0.25, -0.2) is 17.7 Å². The van der Waals surface area contributed by atoms with Crippen molar-refractivity contribution in [3.63, 3.8) is 0 Å². The number of halogens is 4. The van der Waals surface area contributed by atoms with Crippen molar-refractivity contribution < 1.29 is 40.5 Å². The summed E-state index contributed by atoms with van der Waals surface area (Å²) >= 11 is 0. The van der Waals surface area contributed by atoms with Gasteiger partial charge in [-0.3, -0.25) is 9.59 Å². The van der Waals surface area contributed by atoms with E-state index in [0.29, 0.717) is 4.90 Å². The van der Waals surface area contributed by atoms with Gasteiger partial charge < -0.3 is 4.90 Å². The van der Waals surface area contributed by atoms with Crippen LogP contribution in [0.4, 0.5) is 23.2 Å². The molecule has 2 aliphatic heterocycles. The molecule has 1 N–H and O–H groups in total. The monoisotopic (exact) mass is 486 g/mol. The predicted molar refractivity (Wildman–Crippen MR) is 108 cm³/mol. The van der Waals surface area contributed by atoms with Gasteiger partial charge in [0.15, 0.2) is 6.04 Å². The molecule has 7 nitrogen and oxygen atoms in total. The molecule has 2 aromatic carbocycles. The highest BCUT2D eigenvalue weighted by Gasteiger charge is 2.47. The summed E-state index contributed by atoms with van der Waals surface area (Å²) < 4.78 is 79.7. The Hall–Kier alpha value is -2.83. The Kier molecular flexibility index (Phi) is 6.01. The lowest BCUT2D eigenvalue weighted by molar-refractivity contribution is -0.918. The van der Waals surface area contributed by atoms with E-state index in [9.17, 15) is 35.6 Å². The van der Waals surface area contributed by atoms with Gasteiger partial charge in [-0.1, -0.05) is 18.2 Å². The first-order valence-electron chi connectivity index (χ1n) is 10.1. The van der Waals surface area contributed by atoms with E-state index >= 15 is 0 Å². The first-order chi connectivity index (χ1) is 15.5. The minimum atomic E-state index is -4.62. The summed E-state index contributed by atoms with van der Waals surface area (Å²) in [7, 11) is -4.06. The van der Waals surface area contributed by atoms with E-state index in [4.69, 9.17) is 0 Å². The molecule has 0 radical (unpaired) electrons. The van der Waals surface area contributed by atoms with Crippen molar-refractivity contribution in [1.82, 2.24) is 4.31 Å². The highest BCUT2D eigenvalue weighted by Crippen LogP contribution is 2.33. The van der Waals surface area contributed by atoms with Crippen LogP contribution in [0.2, 0.25) is 0 Å². The summed E-state index contributed by atoms with van der Waals surface area (Å²) in [6, 6.07) is 8.21. The van der Waals surface area contributed by atoms with Crippen molar-refractivity contribution in [1.29, 1.82) is 0 Å². The van der Waals surface area contributed by atoms with E-state index in [1.807, 2.05) is 0 Å². The number of carbonyl (C=O) groups is 2. The molecule has 33 heavy (non-hydrogen) atoms. The highest BCUT2D eigenvalue weighted by atomic mass is 32.2. The number of nitrogens with zero attached hydrogens (tertiary/aromatic N) is 2. The molecular formula is C21H20F4N3O4S+. The van der Waals surface area contributed by atoms with Gasteiger partial charge in [-0.2, -0.15) is 17.5 Å². The Morgan fingerprint density at radius 1 is 0.970 bits per heavy atom. The van der Waals surface area contributed by atoms with Gasteiger partial charge in [0.2, 0.25) is 15.9 Å². The number of anilines is 1. The molecule has 176 valence electrons. The minimum absolute atomic E-state index is 0.00747. The van der Waals surface area contributed by atoms with E-state index in [1.165, 1.54) is 24.3 Å². The van der Waals surface area contributed by atoms with Crippen LogP contribution in [-0.2, 0) is 25.8 Å². The van der Waals surface area contributed by atoms with Crippen LogP contribution in [0.5, 0.6) is 0 Å². The molecule has 0 bridgehead atoms. The molecule has 2 amide bonds. The molecule has 4 rings (SSSR count). The smallest absolute Gasteiger partial charge is 0.322 e. The fourth-order valence-corrected chi connectivity index (χ4v) is 5.71. The molecule has 0 saturated carbocycles. The SMILES string of the molecule is O=C1C[C@H]([NH+]2CCN(S(=O)(=O)c3ccccc3F)CC2)C(=O)N1c1cccc(C(F)(F)F)c1. The first-order valence-corrected chi connectivity index (χ1v) is 11.6. The number of hydrogen-bond donors (Lipinski definition) is 1. The first kappa shape index (κ1) is 23.3. The van der Waals surface area contributed by atoms with Gasteiger partial charge in [-0.05, 0) is 30.3 Å².